The molecule has 0 radical (unpaired) electrons. The fourth-order valence-corrected chi connectivity index (χ4v) is 4.50. The molecule has 5 rings (SSSR count). The molecule has 0 fully saturated rings. The molecule has 0 unspecified atom stereocenters. The zero-order chi connectivity index (χ0) is 32.1. The molecule has 0 aliphatic carbocycles. The third kappa shape index (κ3) is 11.5. The number of carbonyl (C=O) groups is 2. The van der Waals surface area contributed by atoms with E-state index in [1.165, 1.54) is 11.3 Å². The standard InChI is InChI=1S/C14H10BrNO3S.C9H6O2.C4H8.C3H6.2C2H6/c1-16-9-6-20-13(12(9)14(17)18)11-5-7-4-8(15)2-3-10(7)19-11;10-6-8-5-7-3-1-2-4-9(7)11-8;1-3-4-2;1-3-2;2*1-2/h2-6,16H,1H3,(H,17,18);1-6H;3-4H,1-2H3;3H,1H2,2H3;2*1-2H3/b;;4-3-;;;. The van der Waals surface area contributed by atoms with Gasteiger partial charge in [-0.25, -0.2) is 4.79 Å². The van der Waals surface area contributed by atoms with E-state index in [1.54, 1.807) is 24.6 Å². The van der Waals surface area contributed by atoms with Gasteiger partial charge in [0.25, 0.3) is 0 Å². The number of para-hydroxylation sites is 1. The van der Waals surface area contributed by atoms with Crippen LogP contribution >= 0.6 is 27.3 Å². The summed E-state index contributed by atoms with van der Waals surface area (Å²) in [5.74, 6) is -0.0135. The molecule has 3 heterocycles. The van der Waals surface area contributed by atoms with E-state index in [0.29, 0.717) is 28.4 Å². The first kappa shape index (κ1) is 38.1. The summed E-state index contributed by atoms with van der Waals surface area (Å²) in [7, 11) is 1.70. The van der Waals surface area contributed by atoms with E-state index in [0.717, 1.165) is 26.4 Å². The van der Waals surface area contributed by atoms with Crippen molar-refractivity contribution in [1.29, 1.82) is 0 Å². The predicted molar refractivity (Wildman–Crippen MR) is 184 cm³/mol. The smallest absolute Gasteiger partial charge is 0.339 e. The van der Waals surface area contributed by atoms with Crippen molar-refractivity contribution in [3.8, 4) is 10.6 Å². The third-order valence-corrected chi connectivity index (χ3v) is 6.36. The molecule has 226 valence electrons. The van der Waals surface area contributed by atoms with Crippen LogP contribution in [-0.4, -0.2) is 24.4 Å². The maximum atomic E-state index is 11.4. The molecule has 0 amide bonds. The number of hydrogen-bond donors (Lipinski definition) is 2. The van der Waals surface area contributed by atoms with Gasteiger partial charge in [0.15, 0.2) is 12.0 Å². The summed E-state index contributed by atoms with van der Waals surface area (Å²) in [5, 5.41) is 15.9. The van der Waals surface area contributed by atoms with Crippen molar-refractivity contribution in [2.75, 3.05) is 12.4 Å². The van der Waals surface area contributed by atoms with Crippen LogP contribution in [0.3, 0.4) is 0 Å². The number of aromatic carboxylic acids is 1. The lowest BCUT2D eigenvalue weighted by atomic mass is 10.2. The second kappa shape index (κ2) is 21.8. The molecule has 8 heteroatoms. The van der Waals surface area contributed by atoms with E-state index in [9.17, 15) is 14.7 Å². The van der Waals surface area contributed by atoms with E-state index in [2.05, 4.69) is 27.8 Å². The summed E-state index contributed by atoms with van der Waals surface area (Å²) >= 11 is 4.76. The second-order valence-corrected chi connectivity index (χ2v) is 9.38. The highest BCUT2D eigenvalue weighted by Crippen LogP contribution is 2.38. The van der Waals surface area contributed by atoms with Crippen LogP contribution in [0.5, 0.6) is 0 Å². The molecule has 0 spiro atoms. The van der Waals surface area contributed by atoms with Gasteiger partial charge in [0, 0.05) is 27.7 Å². The van der Waals surface area contributed by atoms with Crippen molar-refractivity contribution in [2.45, 2.75) is 48.5 Å². The SMILES string of the molecule is C/C=C\C.C=CC.CC.CC.CNc1csc(-c2cc3cc(Br)ccc3o2)c1C(=O)O.O=Cc1cc2ccccc2o1. The summed E-state index contributed by atoms with van der Waals surface area (Å²) in [6, 6.07) is 16.8. The Labute approximate surface area is 261 Å². The molecule has 0 saturated heterocycles. The normalized spacial score (nSPS) is 9.36. The van der Waals surface area contributed by atoms with Crippen molar-refractivity contribution in [3.63, 3.8) is 0 Å². The fraction of sp³-hybridized carbons (Fsp3) is 0.235. The van der Waals surface area contributed by atoms with Gasteiger partial charge in [-0.1, -0.05) is 80.1 Å². The van der Waals surface area contributed by atoms with Gasteiger partial charge < -0.3 is 19.3 Å². The number of halogens is 1. The monoisotopic (exact) mass is 655 g/mol. The number of fused-ring (bicyclic) bond motifs is 2. The van der Waals surface area contributed by atoms with Crippen molar-refractivity contribution < 1.29 is 23.5 Å². The van der Waals surface area contributed by atoms with E-state index >= 15 is 0 Å². The molecular weight excluding hydrogens is 614 g/mol. The number of carboxylic acids is 1. The van der Waals surface area contributed by atoms with Crippen molar-refractivity contribution >= 4 is 67.1 Å². The summed E-state index contributed by atoms with van der Waals surface area (Å²) in [6.07, 6.45) is 6.46. The summed E-state index contributed by atoms with van der Waals surface area (Å²) in [5.41, 5.74) is 2.34. The van der Waals surface area contributed by atoms with Crippen LogP contribution in [0.1, 0.15) is 69.4 Å². The van der Waals surface area contributed by atoms with E-state index in [4.69, 9.17) is 8.83 Å². The summed E-state index contributed by atoms with van der Waals surface area (Å²) in [4.78, 5) is 22.3. The lowest BCUT2D eigenvalue weighted by Gasteiger charge is -1.99. The van der Waals surface area contributed by atoms with Crippen LogP contribution in [0, 0.1) is 0 Å². The largest absolute Gasteiger partial charge is 0.478 e. The number of aldehydes is 1. The molecule has 6 nitrogen and oxygen atoms in total. The minimum atomic E-state index is -0.966. The first-order chi connectivity index (χ1) is 20.3. The third-order valence-electron chi connectivity index (χ3n) is 4.87. The average molecular weight is 657 g/mol. The van der Waals surface area contributed by atoms with Crippen LogP contribution in [0.4, 0.5) is 5.69 Å². The molecule has 0 aliphatic heterocycles. The summed E-state index contributed by atoms with van der Waals surface area (Å²) < 4.78 is 11.9. The van der Waals surface area contributed by atoms with Gasteiger partial charge >= 0.3 is 5.97 Å². The Morgan fingerprint density at radius 2 is 1.52 bits per heavy atom. The highest BCUT2D eigenvalue weighted by Gasteiger charge is 2.21. The molecule has 3 aromatic heterocycles. The Morgan fingerprint density at radius 1 is 0.929 bits per heavy atom. The number of rotatable bonds is 4. The minimum absolute atomic E-state index is 0.246. The molecule has 2 N–H and O–H groups in total. The lowest BCUT2D eigenvalue weighted by molar-refractivity contribution is 0.0699. The Balaban J connectivity index is 0.000000643. The fourth-order valence-electron chi connectivity index (χ4n) is 3.12. The van der Waals surface area contributed by atoms with Gasteiger partial charge in [0.05, 0.1) is 10.6 Å². The zero-order valence-electron chi connectivity index (χ0n) is 25.7. The Morgan fingerprint density at radius 3 is 2.05 bits per heavy atom. The maximum Gasteiger partial charge on any atom is 0.339 e. The Bertz CT molecular complexity index is 1490. The molecule has 0 atom stereocenters. The zero-order valence-corrected chi connectivity index (χ0v) is 28.1. The molecule has 5 aromatic rings. The average Bonchev–Trinajstić information content (AvgIpc) is 3.75. The van der Waals surface area contributed by atoms with Crippen LogP contribution in [0.2, 0.25) is 0 Å². The molecule has 0 aliphatic rings. The maximum absolute atomic E-state index is 11.4. The van der Waals surface area contributed by atoms with Crippen molar-refractivity contribution in [1.82, 2.24) is 0 Å². The van der Waals surface area contributed by atoms with Crippen LogP contribution in [0.15, 0.2) is 98.1 Å². The number of carbonyl (C=O) groups excluding carboxylic acids is 1. The number of carboxylic acid groups (broad SMARTS) is 1. The van der Waals surface area contributed by atoms with E-state index in [-0.39, 0.29) is 5.56 Å². The van der Waals surface area contributed by atoms with Crippen LogP contribution in [0.25, 0.3) is 32.6 Å². The molecule has 0 saturated carbocycles. The second-order valence-electron chi connectivity index (χ2n) is 7.58. The summed E-state index contributed by atoms with van der Waals surface area (Å²) in [6.45, 7) is 17.2. The number of hydrogen-bond acceptors (Lipinski definition) is 6. The van der Waals surface area contributed by atoms with Crippen LogP contribution < -0.4 is 5.32 Å². The lowest BCUT2D eigenvalue weighted by Crippen LogP contribution is -2.00. The molecule has 2 aromatic carbocycles. The van der Waals surface area contributed by atoms with Crippen molar-refractivity contribution in [3.05, 3.63) is 101 Å². The van der Waals surface area contributed by atoms with Gasteiger partial charge in [0.2, 0.25) is 0 Å². The van der Waals surface area contributed by atoms with Crippen molar-refractivity contribution in [2.24, 2.45) is 0 Å². The Hall–Kier alpha value is -3.88. The number of thiophene rings is 1. The van der Waals surface area contributed by atoms with Gasteiger partial charge in [-0.05, 0) is 57.2 Å². The highest BCUT2D eigenvalue weighted by molar-refractivity contribution is 9.10. The first-order valence-corrected chi connectivity index (χ1v) is 15.3. The molecule has 42 heavy (non-hydrogen) atoms. The van der Waals surface area contributed by atoms with Gasteiger partial charge in [-0.2, -0.15) is 0 Å². The molecular formula is C34H42BrNO5S. The quantitative estimate of drug-likeness (QED) is 0.148. The number of nitrogens with one attached hydrogen (secondary N) is 1. The number of furan rings is 2. The number of benzene rings is 2. The Kier molecular flexibility index (Phi) is 19.8. The van der Waals surface area contributed by atoms with E-state index in [1.807, 2.05) is 109 Å². The van der Waals surface area contributed by atoms with E-state index < -0.39 is 5.97 Å². The van der Waals surface area contributed by atoms with Gasteiger partial charge in [-0.15, -0.1) is 17.9 Å². The van der Waals surface area contributed by atoms with Gasteiger partial charge in [-0.3, -0.25) is 4.79 Å². The minimum Gasteiger partial charge on any atom is -0.478 e. The number of allylic oxidation sites excluding steroid dienone is 3. The van der Waals surface area contributed by atoms with Crippen LogP contribution in [-0.2, 0) is 0 Å². The van der Waals surface area contributed by atoms with Gasteiger partial charge in [0.1, 0.15) is 22.5 Å². The molecule has 0 bridgehead atoms. The predicted octanol–water partition coefficient (Wildman–Crippen LogP) is 11.7. The highest BCUT2D eigenvalue weighted by atomic mass is 79.9. The topological polar surface area (TPSA) is 92.7 Å². The first-order valence-electron chi connectivity index (χ1n) is 13.6. The number of anilines is 1.